The molecule has 1 aliphatic carbocycles. The fraction of sp³-hybridized carbons (Fsp3) is 0.545. The predicted molar refractivity (Wildman–Crippen MR) is 123 cm³/mol. The molecule has 1 fully saturated rings. The molecule has 0 saturated heterocycles. The number of nitrogens with zero attached hydrogens (tertiary/aromatic N) is 5. The van der Waals surface area contributed by atoms with Gasteiger partial charge in [0.2, 0.25) is 5.91 Å². The zero-order valence-corrected chi connectivity index (χ0v) is 20.0. The van der Waals surface area contributed by atoms with Gasteiger partial charge in [0.1, 0.15) is 5.54 Å². The highest BCUT2D eigenvalue weighted by molar-refractivity contribution is 8.00. The monoisotopic (exact) mass is 460 g/mol. The molecule has 1 saturated carbocycles. The van der Waals surface area contributed by atoms with Gasteiger partial charge in [-0.25, -0.2) is 0 Å². The highest BCUT2D eigenvalue weighted by Gasteiger charge is 2.35. The lowest BCUT2D eigenvalue weighted by atomic mass is 9.83. The zero-order valence-electron chi connectivity index (χ0n) is 18.4. The normalized spacial score (nSPS) is 17.7. The molecule has 1 aromatic carbocycles. The number of benzene rings is 1. The van der Waals surface area contributed by atoms with Crippen LogP contribution in [0.1, 0.15) is 57.8 Å². The van der Waals surface area contributed by atoms with Gasteiger partial charge in [-0.1, -0.05) is 42.6 Å². The quantitative estimate of drug-likeness (QED) is 0.617. The van der Waals surface area contributed by atoms with Crippen LogP contribution in [0.2, 0.25) is 5.02 Å². The zero-order chi connectivity index (χ0) is 22.6. The summed E-state index contributed by atoms with van der Waals surface area (Å²) < 4.78 is 1.97. The van der Waals surface area contributed by atoms with Gasteiger partial charge in [-0.3, -0.25) is 14.3 Å². The van der Waals surface area contributed by atoms with Gasteiger partial charge in [-0.15, -0.1) is 10.2 Å². The van der Waals surface area contributed by atoms with Gasteiger partial charge in [0, 0.05) is 10.7 Å². The molecule has 1 aliphatic rings. The molecule has 3 rings (SSSR count). The number of nitrogens with one attached hydrogen (secondary N) is 1. The summed E-state index contributed by atoms with van der Waals surface area (Å²) in [6.45, 7) is 3.89. The topological polar surface area (TPSA) is 86.8 Å². The molecule has 31 heavy (non-hydrogen) atoms. The van der Waals surface area contributed by atoms with Gasteiger partial charge in [0.25, 0.3) is 0 Å². The van der Waals surface area contributed by atoms with E-state index in [-0.39, 0.29) is 11.9 Å². The lowest BCUT2D eigenvalue weighted by Crippen LogP contribution is -2.51. The Bertz CT molecular complexity index is 946. The van der Waals surface area contributed by atoms with E-state index < -0.39 is 10.8 Å². The Morgan fingerprint density at radius 1 is 1.23 bits per heavy atom. The molecule has 7 nitrogen and oxygen atoms in total. The fourth-order valence-electron chi connectivity index (χ4n) is 3.66. The number of amides is 1. The molecule has 1 amide bonds. The minimum atomic E-state index is -0.751. The maximum atomic E-state index is 13.0. The Balaban J connectivity index is 1.85. The van der Waals surface area contributed by atoms with E-state index in [2.05, 4.69) is 33.4 Å². The minimum absolute atomic E-state index is 0.0192. The summed E-state index contributed by atoms with van der Waals surface area (Å²) in [4.78, 5) is 15.0. The molecule has 1 heterocycles. The highest BCUT2D eigenvalue weighted by Crippen LogP contribution is 2.31. The van der Waals surface area contributed by atoms with Crippen molar-refractivity contribution >= 4 is 29.3 Å². The van der Waals surface area contributed by atoms with E-state index in [0.29, 0.717) is 23.0 Å². The second-order valence-electron chi connectivity index (χ2n) is 8.30. The number of nitriles is 1. The average molecular weight is 461 g/mol. The molecule has 1 N–H and O–H groups in total. The first-order valence-corrected chi connectivity index (χ1v) is 11.8. The van der Waals surface area contributed by atoms with Crippen molar-refractivity contribution in [2.75, 3.05) is 14.1 Å². The van der Waals surface area contributed by atoms with Crippen LogP contribution in [-0.2, 0) is 4.79 Å². The first-order chi connectivity index (χ1) is 14.8. The van der Waals surface area contributed by atoms with Crippen molar-refractivity contribution in [1.82, 2.24) is 25.0 Å². The molecular weight excluding hydrogens is 432 g/mol. The van der Waals surface area contributed by atoms with Crippen LogP contribution in [0, 0.1) is 11.3 Å². The fourth-order valence-corrected chi connectivity index (χ4v) is 4.66. The molecular formula is C22H29ClN6OS. The van der Waals surface area contributed by atoms with Gasteiger partial charge in [-0.2, -0.15) is 5.26 Å². The number of carbonyl (C=O) groups is 1. The van der Waals surface area contributed by atoms with Crippen molar-refractivity contribution in [3.05, 3.63) is 35.1 Å². The van der Waals surface area contributed by atoms with E-state index in [0.717, 1.165) is 30.8 Å². The molecule has 0 aliphatic heterocycles. The lowest BCUT2D eigenvalue weighted by molar-refractivity contribution is -0.121. The third-order valence-electron chi connectivity index (χ3n) is 5.83. The van der Waals surface area contributed by atoms with Gasteiger partial charge in [0.15, 0.2) is 11.0 Å². The summed E-state index contributed by atoms with van der Waals surface area (Å²) in [5, 5.41) is 22.4. The first-order valence-electron chi connectivity index (χ1n) is 10.5. The van der Waals surface area contributed by atoms with Crippen molar-refractivity contribution < 1.29 is 4.79 Å². The van der Waals surface area contributed by atoms with Crippen molar-refractivity contribution in [2.24, 2.45) is 0 Å². The average Bonchev–Trinajstić information content (AvgIpc) is 3.17. The van der Waals surface area contributed by atoms with Crippen molar-refractivity contribution in [2.45, 2.75) is 67.9 Å². The van der Waals surface area contributed by atoms with E-state index in [9.17, 15) is 10.1 Å². The standard InChI is InChI=1S/C22H29ClN6OS/c1-15(28(3)4)19-26-27-21(29(19)18-10-8-17(23)9-11-18)31-16(2)20(30)25-22(14-24)12-6-5-7-13-22/h8-11,15-16H,5-7,12-13H2,1-4H3,(H,25,30)/t15-,16-/m1/s1. The van der Waals surface area contributed by atoms with Gasteiger partial charge in [-0.05, 0) is 65.0 Å². The number of hydrogen-bond donors (Lipinski definition) is 1. The second-order valence-corrected chi connectivity index (χ2v) is 10.0. The van der Waals surface area contributed by atoms with Crippen LogP contribution in [0.15, 0.2) is 29.4 Å². The van der Waals surface area contributed by atoms with Crippen LogP contribution in [0.5, 0.6) is 0 Å². The molecule has 2 atom stereocenters. The van der Waals surface area contributed by atoms with E-state index in [4.69, 9.17) is 11.6 Å². The maximum absolute atomic E-state index is 13.0. The van der Waals surface area contributed by atoms with Crippen LogP contribution >= 0.6 is 23.4 Å². The maximum Gasteiger partial charge on any atom is 0.234 e. The third-order valence-corrected chi connectivity index (χ3v) is 7.12. The summed E-state index contributed by atoms with van der Waals surface area (Å²) >= 11 is 7.42. The van der Waals surface area contributed by atoms with E-state index >= 15 is 0 Å². The largest absolute Gasteiger partial charge is 0.337 e. The number of aromatic nitrogens is 3. The van der Waals surface area contributed by atoms with Crippen molar-refractivity contribution in [1.29, 1.82) is 5.26 Å². The van der Waals surface area contributed by atoms with Crippen molar-refractivity contribution in [3.63, 3.8) is 0 Å². The third kappa shape index (κ3) is 5.40. The molecule has 9 heteroatoms. The molecule has 0 unspecified atom stereocenters. The van der Waals surface area contributed by atoms with Crippen molar-refractivity contribution in [3.8, 4) is 11.8 Å². The predicted octanol–water partition coefficient (Wildman–Crippen LogP) is 4.37. The Morgan fingerprint density at radius 2 is 1.87 bits per heavy atom. The summed E-state index contributed by atoms with van der Waals surface area (Å²) in [6.07, 6.45) is 4.45. The van der Waals surface area contributed by atoms with E-state index in [1.807, 2.05) is 49.9 Å². The summed E-state index contributed by atoms with van der Waals surface area (Å²) in [7, 11) is 3.97. The van der Waals surface area contributed by atoms with Crippen LogP contribution in [0.25, 0.3) is 5.69 Å². The van der Waals surface area contributed by atoms with Crippen LogP contribution in [-0.4, -0.2) is 50.5 Å². The number of halogens is 1. The van der Waals surface area contributed by atoms with Gasteiger partial charge < -0.3 is 5.32 Å². The Hall–Kier alpha value is -2.08. The van der Waals surface area contributed by atoms with Gasteiger partial charge >= 0.3 is 0 Å². The Labute approximate surface area is 193 Å². The molecule has 0 spiro atoms. The second kappa shape index (κ2) is 10.0. The van der Waals surface area contributed by atoms with Crippen LogP contribution in [0.4, 0.5) is 0 Å². The Morgan fingerprint density at radius 3 is 2.45 bits per heavy atom. The highest BCUT2D eigenvalue weighted by atomic mass is 35.5. The minimum Gasteiger partial charge on any atom is -0.337 e. The van der Waals surface area contributed by atoms with E-state index in [1.54, 1.807) is 0 Å². The number of thioether (sulfide) groups is 1. The first kappa shape index (κ1) is 23.6. The molecule has 1 aromatic heterocycles. The number of hydrogen-bond acceptors (Lipinski definition) is 6. The molecule has 0 bridgehead atoms. The molecule has 166 valence electrons. The van der Waals surface area contributed by atoms with Gasteiger partial charge in [0.05, 0.1) is 17.4 Å². The SMILES string of the molecule is C[C@H](c1nnc(S[C@H](C)C(=O)NC2(C#N)CCCCC2)n1-c1ccc(Cl)cc1)N(C)C. The number of carbonyl (C=O) groups excluding carboxylic acids is 1. The summed E-state index contributed by atoms with van der Waals surface area (Å²) in [6, 6.07) is 9.85. The summed E-state index contributed by atoms with van der Waals surface area (Å²) in [5.41, 5.74) is 0.132. The van der Waals surface area contributed by atoms with E-state index in [1.165, 1.54) is 11.8 Å². The smallest absolute Gasteiger partial charge is 0.234 e. The molecule has 0 radical (unpaired) electrons. The number of rotatable bonds is 7. The van der Waals surface area contributed by atoms with Crippen LogP contribution < -0.4 is 5.32 Å². The lowest BCUT2D eigenvalue weighted by Gasteiger charge is -2.32. The molecule has 2 aromatic rings. The summed E-state index contributed by atoms with van der Waals surface area (Å²) in [5.74, 6) is 0.629. The Kier molecular flexibility index (Phi) is 7.63. The van der Waals surface area contributed by atoms with Crippen LogP contribution in [0.3, 0.4) is 0 Å².